The van der Waals surface area contributed by atoms with Crippen molar-refractivity contribution >= 4 is 17.3 Å². The molecule has 1 aromatic rings. The molecule has 6 heteroatoms. The summed E-state index contributed by atoms with van der Waals surface area (Å²) in [5.74, 6) is 0. The van der Waals surface area contributed by atoms with Crippen molar-refractivity contribution in [1.82, 2.24) is 4.98 Å². The Morgan fingerprint density at radius 3 is 2.58 bits per heavy atom. The molecule has 0 bridgehead atoms. The number of hydrogen-bond acceptors (Lipinski definition) is 2. The summed E-state index contributed by atoms with van der Waals surface area (Å²) < 4.78 is 24.3. The third kappa shape index (κ3) is 1.40. The molecule has 0 aliphatic carbocycles. The number of halogens is 3. The second-order valence-electron chi connectivity index (χ2n) is 2.10. The first-order chi connectivity index (χ1) is 5.54. The molecule has 66 valence electrons. The molecule has 3 nitrogen and oxygen atoms in total. The molecular formula is C6H5ClF2N2O. The van der Waals surface area contributed by atoms with Crippen molar-refractivity contribution in [2.45, 2.75) is 6.43 Å². The molecule has 0 aliphatic rings. The lowest BCUT2D eigenvalue weighted by Gasteiger charge is -2.04. The van der Waals surface area contributed by atoms with E-state index in [1.54, 1.807) is 0 Å². The molecule has 0 saturated heterocycles. The number of nitrogens with two attached hydrogens (primary N) is 1. The molecular weight excluding hydrogens is 190 g/mol. The Hall–Kier alpha value is -1.10. The number of H-pyrrole nitrogens is 1. The van der Waals surface area contributed by atoms with Gasteiger partial charge in [0.15, 0.2) is 0 Å². The van der Waals surface area contributed by atoms with Crippen LogP contribution < -0.4 is 11.3 Å². The maximum atomic E-state index is 12.2. The van der Waals surface area contributed by atoms with Gasteiger partial charge in [-0.1, -0.05) is 11.6 Å². The van der Waals surface area contributed by atoms with Crippen LogP contribution in [0.2, 0.25) is 5.02 Å². The van der Waals surface area contributed by atoms with E-state index < -0.39 is 22.6 Å². The van der Waals surface area contributed by atoms with Gasteiger partial charge in [-0.3, -0.25) is 4.79 Å². The fourth-order valence-corrected chi connectivity index (χ4v) is 1.00. The Labute approximate surface area is 71.2 Å². The van der Waals surface area contributed by atoms with Gasteiger partial charge >= 0.3 is 0 Å². The molecule has 0 spiro atoms. The molecule has 0 aliphatic heterocycles. The van der Waals surface area contributed by atoms with Gasteiger partial charge in [-0.25, -0.2) is 8.78 Å². The zero-order valence-corrected chi connectivity index (χ0v) is 6.53. The number of hydrogen-bond donors (Lipinski definition) is 2. The highest BCUT2D eigenvalue weighted by Crippen LogP contribution is 2.28. The largest absolute Gasteiger partial charge is 0.397 e. The average Bonchev–Trinajstić information content (AvgIpc) is 1.97. The van der Waals surface area contributed by atoms with Crippen LogP contribution >= 0.6 is 11.6 Å². The number of anilines is 1. The topological polar surface area (TPSA) is 58.9 Å². The standard InChI is InChI=1S/C6H5ClF2N2O/c7-4-3(5(8)9)2(10)1-11-6(4)12/h1,5H,10H2,(H,11,12). The molecule has 0 atom stereocenters. The molecule has 1 heterocycles. The fraction of sp³-hybridized carbons (Fsp3) is 0.167. The fourth-order valence-electron chi connectivity index (χ4n) is 0.755. The monoisotopic (exact) mass is 194 g/mol. The van der Waals surface area contributed by atoms with Crippen LogP contribution in [0.1, 0.15) is 12.0 Å². The lowest BCUT2D eigenvalue weighted by molar-refractivity contribution is 0.152. The van der Waals surface area contributed by atoms with E-state index in [9.17, 15) is 13.6 Å². The number of alkyl halides is 2. The number of nitrogens with one attached hydrogen (secondary N) is 1. The maximum absolute atomic E-state index is 12.2. The lowest BCUT2D eigenvalue weighted by Crippen LogP contribution is -2.11. The Morgan fingerprint density at radius 2 is 2.17 bits per heavy atom. The maximum Gasteiger partial charge on any atom is 0.267 e. The van der Waals surface area contributed by atoms with E-state index in [0.717, 1.165) is 6.20 Å². The Morgan fingerprint density at radius 1 is 1.58 bits per heavy atom. The zero-order chi connectivity index (χ0) is 9.30. The van der Waals surface area contributed by atoms with Crippen molar-refractivity contribution in [3.63, 3.8) is 0 Å². The van der Waals surface area contributed by atoms with E-state index in [4.69, 9.17) is 17.3 Å². The predicted octanol–water partition coefficient (Wildman–Crippen LogP) is 1.55. The van der Waals surface area contributed by atoms with Crippen LogP contribution in [0.25, 0.3) is 0 Å². The molecule has 0 saturated carbocycles. The first kappa shape index (κ1) is 8.99. The van der Waals surface area contributed by atoms with Gasteiger partial charge in [0, 0.05) is 6.20 Å². The van der Waals surface area contributed by atoms with Crippen LogP contribution in [0.4, 0.5) is 14.5 Å². The summed E-state index contributed by atoms with van der Waals surface area (Å²) in [6.07, 6.45) is -1.84. The van der Waals surface area contributed by atoms with E-state index in [2.05, 4.69) is 4.98 Å². The minimum Gasteiger partial charge on any atom is -0.397 e. The highest BCUT2D eigenvalue weighted by Gasteiger charge is 2.17. The molecule has 1 aromatic heterocycles. The normalized spacial score (nSPS) is 10.7. The van der Waals surface area contributed by atoms with Gasteiger partial charge < -0.3 is 10.7 Å². The quantitative estimate of drug-likeness (QED) is 0.713. The molecule has 3 N–H and O–H groups in total. The second kappa shape index (κ2) is 3.10. The summed E-state index contributed by atoms with van der Waals surface area (Å²) in [7, 11) is 0. The van der Waals surface area contributed by atoms with E-state index in [0.29, 0.717) is 0 Å². The summed E-state index contributed by atoms with van der Waals surface area (Å²) in [5, 5.41) is -0.551. The van der Waals surface area contributed by atoms with Gasteiger partial charge in [0.25, 0.3) is 12.0 Å². The van der Waals surface area contributed by atoms with Crippen LogP contribution in [-0.4, -0.2) is 4.98 Å². The van der Waals surface area contributed by atoms with Gasteiger partial charge in [0.1, 0.15) is 5.02 Å². The van der Waals surface area contributed by atoms with Crippen LogP contribution in [0.5, 0.6) is 0 Å². The Balaban J connectivity index is 3.43. The Kier molecular flexibility index (Phi) is 2.32. The van der Waals surface area contributed by atoms with Gasteiger partial charge in [0.05, 0.1) is 11.3 Å². The predicted molar refractivity (Wildman–Crippen MR) is 41.4 cm³/mol. The third-order valence-corrected chi connectivity index (χ3v) is 1.70. The van der Waals surface area contributed by atoms with E-state index in [1.165, 1.54) is 0 Å². The minimum absolute atomic E-state index is 0.213. The molecule has 0 aromatic carbocycles. The van der Waals surface area contributed by atoms with Crippen molar-refractivity contribution in [2.24, 2.45) is 0 Å². The van der Waals surface area contributed by atoms with Crippen molar-refractivity contribution in [2.75, 3.05) is 5.73 Å². The molecule has 1 rings (SSSR count). The first-order valence-corrected chi connectivity index (χ1v) is 3.36. The van der Waals surface area contributed by atoms with E-state index >= 15 is 0 Å². The highest BCUT2D eigenvalue weighted by atomic mass is 35.5. The molecule has 0 radical (unpaired) electrons. The average molecular weight is 195 g/mol. The summed E-state index contributed by atoms with van der Waals surface area (Å²) in [6, 6.07) is 0. The van der Waals surface area contributed by atoms with Gasteiger partial charge in [-0.15, -0.1) is 0 Å². The second-order valence-corrected chi connectivity index (χ2v) is 2.48. The molecule has 0 unspecified atom stereocenters. The van der Waals surface area contributed by atoms with Crippen molar-refractivity contribution in [3.8, 4) is 0 Å². The summed E-state index contributed by atoms with van der Waals surface area (Å²) >= 11 is 5.29. The molecule has 0 amide bonds. The minimum atomic E-state index is -2.83. The highest BCUT2D eigenvalue weighted by molar-refractivity contribution is 6.31. The van der Waals surface area contributed by atoms with Gasteiger partial charge in [0.2, 0.25) is 0 Å². The number of nitrogen functional groups attached to an aromatic ring is 1. The van der Waals surface area contributed by atoms with E-state index in [1.807, 2.05) is 0 Å². The number of aromatic amines is 1. The van der Waals surface area contributed by atoms with Crippen LogP contribution in [0.15, 0.2) is 11.0 Å². The smallest absolute Gasteiger partial charge is 0.267 e. The van der Waals surface area contributed by atoms with Gasteiger partial charge in [-0.2, -0.15) is 0 Å². The number of pyridine rings is 1. The number of rotatable bonds is 1. The van der Waals surface area contributed by atoms with Crippen molar-refractivity contribution < 1.29 is 8.78 Å². The van der Waals surface area contributed by atoms with E-state index in [-0.39, 0.29) is 5.69 Å². The summed E-state index contributed by atoms with van der Waals surface area (Å²) in [5.41, 5.74) is 3.57. The lowest BCUT2D eigenvalue weighted by atomic mass is 10.2. The SMILES string of the molecule is Nc1c[nH]c(=O)c(Cl)c1C(F)F. The third-order valence-electron chi connectivity index (χ3n) is 1.32. The Bertz CT molecular complexity index is 350. The van der Waals surface area contributed by atoms with Crippen LogP contribution in [0, 0.1) is 0 Å². The van der Waals surface area contributed by atoms with Crippen molar-refractivity contribution in [1.29, 1.82) is 0 Å². The molecule has 12 heavy (non-hydrogen) atoms. The number of aromatic nitrogens is 1. The zero-order valence-electron chi connectivity index (χ0n) is 5.77. The summed E-state index contributed by atoms with van der Waals surface area (Å²) in [4.78, 5) is 12.8. The molecule has 0 fully saturated rings. The van der Waals surface area contributed by atoms with Gasteiger partial charge in [-0.05, 0) is 0 Å². The summed E-state index contributed by atoms with van der Waals surface area (Å²) in [6.45, 7) is 0. The van der Waals surface area contributed by atoms with Crippen molar-refractivity contribution in [3.05, 3.63) is 27.1 Å². The first-order valence-electron chi connectivity index (χ1n) is 2.98. The van der Waals surface area contributed by atoms with Crippen LogP contribution in [0.3, 0.4) is 0 Å². The van der Waals surface area contributed by atoms with Crippen LogP contribution in [-0.2, 0) is 0 Å².